The van der Waals surface area contributed by atoms with Gasteiger partial charge in [-0.3, -0.25) is 14.5 Å². The molecule has 0 N–H and O–H groups in total. The molecule has 6 nitrogen and oxygen atoms in total. The first-order valence-corrected chi connectivity index (χ1v) is 9.79. The second-order valence-electron chi connectivity index (χ2n) is 6.56. The molecule has 3 rings (SSSR count). The maximum Gasteiger partial charge on any atom is 0.246 e. The molecule has 2 heterocycles. The number of benzene rings is 1. The number of hydrogen-bond donors (Lipinski definition) is 0. The van der Waals surface area contributed by atoms with Crippen molar-refractivity contribution in [2.45, 2.75) is 0 Å². The number of nitrogens with zero attached hydrogens (tertiary/aromatic N) is 3. The maximum atomic E-state index is 12.4. The van der Waals surface area contributed by atoms with Crippen LogP contribution in [-0.2, 0) is 14.3 Å². The van der Waals surface area contributed by atoms with Gasteiger partial charge < -0.3 is 14.5 Å². The molecule has 2 saturated heterocycles. The highest BCUT2D eigenvalue weighted by Crippen LogP contribution is 2.25. The molecule has 2 aliphatic heterocycles. The largest absolute Gasteiger partial charge is 0.378 e. The van der Waals surface area contributed by atoms with E-state index in [9.17, 15) is 9.59 Å². The van der Waals surface area contributed by atoms with Gasteiger partial charge in [-0.15, -0.1) is 0 Å². The van der Waals surface area contributed by atoms with Gasteiger partial charge in [-0.05, 0) is 18.2 Å². The molecule has 0 spiro atoms. The molecule has 0 aliphatic carbocycles. The molecule has 2 fully saturated rings. The Morgan fingerprint density at radius 3 is 2.22 bits per heavy atom. The summed E-state index contributed by atoms with van der Waals surface area (Å²) in [6, 6.07) is 5.24. The summed E-state index contributed by atoms with van der Waals surface area (Å²) in [5, 5.41) is 1.02. The van der Waals surface area contributed by atoms with Crippen molar-refractivity contribution in [3.63, 3.8) is 0 Å². The first-order chi connectivity index (χ1) is 13.0. The maximum absolute atomic E-state index is 12.4. The van der Waals surface area contributed by atoms with Crippen LogP contribution in [0.3, 0.4) is 0 Å². The molecule has 146 valence electrons. The van der Waals surface area contributed by atoms with Crippen LogP contribution in [-0.4, -0.2) is 85.5 Å². The normalized spacial score (nSPS) is 18.9. The Labute approximate surface area is 169 Å². The van der Waals surface area contributed by atoms with Gasteiger partial charge in [-0.2, -0.15) is 0 Å². The van der Waals surface area contributed by atoms with E-state index in [1.807, 2.05) is 4.90 Å². The van der Waals surface area contributed by atoms with Crippen molar-refractivity contribution in [3.05, 3.63) is 39.9 Å². The van der Waals surface area contributed by atoms with Crippen molar-refractivity contribution in [1.29, 1.82) is 0 Å². The van der Waals surface area contributed by atoms with Gasteiger partial charge in [0.05, 0.1) is 19.8 Å². The minimum Gasteiger partial charge on any atom is -0.378 e. The van der Waals surface area contributed by atoms with E-state index in [1.54, 1.807) is 29.2 Å². The summed E-state index contributed by atoms with van der Waals surface area (Å²) in [7, 11) is 0. The summed E-state index contributed by atoms with van der Waals surface area (Å²) in [6.07, 6.45) is 3.16. The lowest BCUT2D eigenvalue weighted by Gasteiger charge is -2.35. The summed E-state index contributed by atoms with van der Waals surface area (Å²) in [5.41, 5.74) is 0.643. The lowest BCUT2D eigenvalue weighted by Crippen LogP contribution is -2.52. The predicted octanol–water partition coefficient (Wildman–Crippen LogP) is 2.01. The second-order valence-corrected chi connectivity index (χ2v) is 7.38. The van der Waals surface area contributed by atoms with E-state index >= 15 is 0 Å². The monoisotopic (exact) mass is 411 g/mol. The SMILES string of the molecule is O=C(/C=C/c1c(Cl)cccc1Cl)N1CCN(CC(=O)N2CCOCC2)CC1. The van der Waals surface area contributed by atoms with Crippen molar-refractivity contribution >= 4 is 41.1 Å². The number of carbonyl (C=O) groups is 2. The average Bonchev–Trinajstić information content (AvgIpc) is 2.68. The predicted molar refractivity (Wildman–Crippen MR) is 106 cm³/mol. The number of rotatable bonds is 4. The number of ether oxygens (including phenoxy) is 1. The minimum atomic E-state index is -0.0786. The number of morpholine rings is 1. The topological polar surface area (TPSA) is 53.1 Å². The summed E-state index contributed by atoms with van der Waals surface area (Å²) in [4.78, 5) is 30.4. The second kappa shape index (κ2) is 9.55. The molecule has 0 atom stereocenters. The Balaban J connectivity index is 1.47. The lowest BCUT2D eigenvalue weighted by molar-refractivity contribution is -0.137. The standard InChI is InChI=1S/C19H23Cl2N3O3/c20-16-2-1-3-17(21)15(16)4-5-18(25)23-8-6-22(7-9-23)14-19(26)24-10-12-27-13-11-24/h1-5H,6-14H2/b5-4+. The van der Waals surface area contributed by atoms with Crippen LogP contribution in [0.25, 0.3) is 6.08 Å². The van der Waals surface area contributed by atoms with E-state index in [1.165, 1.54) is 6.08 Å². The number of carbonyl (C=O) groups excluding carboxylic acids is 2. The van der Waals surface area contributed by atoms with Gasteiger partial charge in [0, 0.05) is 61.0 Å². The summed E-state index contributed by atoms with van der Waals surface area (Å²) in [6.45, 7) is 5.48. The minimum absolute atomic E-state index is 0.0786. The van der Waals surface area contributed by atoms with Gasteiger partial charge in [0.2, 0.25) is 11.8 Å². The van der Waals surface area contributed by atoms with Gasteiger partial charge in [-0.25, -0.2) is 0 Å². The van der Waals surface area contributed by atoms with E-state index in [0.717, 1.165) is 0 Å². The Morgan fingerprint density at radius 2 is 1.59 bits per heavy atom. The zero-order chi connectivity index (χ0) is 19.2. The Bertz CT molecular complexity index is 692. The average molecular weight is 412 g/mol. The van der Waals surface area contributed by atoms with Crippen LogP contribution < -0.4 is 0 Å². The van der Waals surface area contributed by atoms with Crippen molar-refractivity contribution in [1.82, 2.24) is 14.7 Å². The van der Waals surface area contributed by atoms with Gasteiger partial charge in [0.1, 0.15) is 0 Å². The smallest absolute Gasteiger partial charge is 0.246 e. The summed E-state index contributed by atoms with van der Waals surface area (Å²) >= 11 is 12.2. The van der Waals surface area contributed by atoms with E-state index in [4.69, 9.17) is 27.9 Å². The molecule has 2 amide bonds. The van der Waals surface area contributed by atoms with E-state index in [2.05, 4.69) is 4.90 Å². The molecular weight excluding hydrogens is 389 g/mol. The Hall–Kier alpha value is -1.60. The Kier molecular flexibility index (Phi) is 7.13. The highest BCUT2D eigenvalue weighted by molar-refractivity contribution is 6.37. The van der Waals surface area contributed by atoms with Crippen LogP contribution in [0.15, 0.2) is 24.3 Å². The molecule has 0 bridgehead atoms. The molecule has 0 unspecified atom stereocenters. The number of amides is 2. The van der Waals surface area contributed by atoms with Crippen molar-refractivity contribution in [2.24, 2.45) is 0 Å². The fourth-order valence-corrected chi connectivity index (χ4v) is 3.68. The van der Waals surface area contributed by atoms with E-state index in [0.29, 0.717) is 74.6 Å². The van der Waals surface area contributed by atoms with Crippen LogP contribution in [0.4, 0.5) is 0 Å². The Morgan fingerprint density at radius 1 is 0.963 bits per heavy atom. The highest BCUT2D eigenvalue weighted by atomic mass is 35.5. The van der Waals surface area contributed by atoms with Gasteiger partial charge in [0.25, 0.3) is 0 Å². The summed E-state index contributed by atoms with van der Waals surface area (Å²) in [5.74, 6) is 0.0523. The first kappa shape index (κ1) is 20.1. The van der Waals surface area contributed by atoms with E-state index < -0.39 is 0 Å². The first-order valence-electron chi connectivity index (χ1n) is 9.03. The van der Waals surface area contributed by atoms with Gasteiger partial charge >= 0.3 is 0 Å². The highest BCUT2D eigenvalue weighted by Gasteiger charge is 2.24. The molecule has 1 aromatic carbocycles. The third-order valence-electron chi connectivity index (χ3n) is 4.80. The van der Waals surface area contributed by atoms with Crippen LogP contribution in [0.2, 0.25) is 10.0 Å². The summed E-state index contributed by atoms with van der Waals surface area (Å²) < 4.78 is 5.28. The zero-order valence-electron chi connectivity index (χ0n) is 15.1. The van der Waals surface area contributed by atoms with Crippen LogP contribution in [0.5, 0.6) is 0 Å². The zero-order valence-corrected chi connectivity index (χ0v) is 16.6. The molecule has 27 heavy (non-hydrogen) atoms. The number of piperazine rings is 1. The molecule has 0 aromatic heterocycles. The van der Waals surface area contributed by atoms with E-state index in [-0.39, 0.29) is 11.8 Å². The number of hydrogen-bond acceptors (Lipinski definition) is 4. The molecule has 0 radical (unpaired) electrons. The third kappa shape index (κ3) is 5.45. The number of halogens is 2. The van der Waals surface area contributed by atoms with Crippen LogP contribution in [0.1, 0.15) is 5.56 Å². The van der Waals surface area contributed by atoms with Crippen molar-refractivity contribution < 1.29 is 14.3 Å². The molecule has 0 saturated carbocycles. The molecular formula is C19H23Cl2N3O3. The van der Waals surface area contributed by atoms with Crippen molar-refractivity contribution in [2.75, 3.05) is 59.0 Å². The van der Waals surface area contributed by atoms with Gasteiger partial charge in [-0.1, -0.05) is 29.3 Å². The fraction of sp³-hybridized carbons (Fsp3) is 0.474. The third-order valence-corrected chi connectivity index (χ3v) is 5.46. The van der Waals surface area contributed by atoms with Gasteiger partial charge in [0.15, 0.2) is 0 Å². The molecule has 8 heteroatoms. The van der Waals surface area contributed by atoms with Crippen LogP contribution in [0, 0.1) is 0 Å². The van der Waals surface area contributed by atoms with Crippen LogP contribution >= 0.6 is 23.2 Å². The molecule has 1 aromatic rings. The van der Waals surface area contributed by atoms with Crippen molar-refractivity contribution in [3.8, 4) is 0 Å². The molecule has 2 aliphatic rings. The fourth-order valence-electron chi connectivity index (χ4n) is 3.16. The quantitative estimate of drug-likeness (QED) is 0.711. The lowest BCUT2D eigenvalue weighted by atomic mass is 10.2.